The second-order valence-corrected chi connectivity index (χ2v) is 11.3. The summed E-state index contributed by atoms with van der Waals surface area (Å²) in [6, 6.07) is 0. The molecule has 0 aromatic carbocycles. The number of ether oxygens (including phenoxy) is 1. The van der Waals surface area contributed by atoms with E-state index in [1.165, 1.54) is 0 Å². The first kappa shape index (κ1) is 13.9. The summed E-state index contributed by atoms with van der Waals surface area (Å²) in [6.07, 6.45) is 1.04. The Bertz CT molecular complexity index is 394. The molecule has 0 unspecified atom stereocenters. The fourth-order valence-electron chi connectivity index (χ4n) is 1.89. The lowest BCUT2D eigenvalue weighted by molar-refractivity contribution is -0.117. The molecule has 0 bridgehead atoms. The molecule has 4 nitrogen and oxygen atoms in total. The van der Waals surface area contributed by atoms with Crippen LogP contribution in [0, 0.1) is 0 Å². The van der Waals surface area contributed by atoms with E-state index in [1.807, 2.05) is 0 Å². The molecule has 1 heterocycles. The summed E-state index contributed by atoms with van der Waals surface area (Å²) in [5, 5.41) is 9.30. The van der Waals surface area contributed by atoms with Crippen LogP contribution in [0.15, 0.2) is 11.6 Å². The highest BCUT2D eigenvalue weighted by molar-refractivity contribution is 6.74. The lowest BCUT2D eigenvalue weighted by Gasteiger charge is -2.38. The normalized spacial score (nSPS) is 32.0. The summed E-state index contributed by atoms with van der Waals surface area (Å²) in [6.45, 7) is 10.6. The molecule has 1 aliphatic heterocycles. The average molecular weight is 270 g/mol. The van der Waals surface area contributed by atoms with Gasteiger partial charge in [0.1, 0.15) is 12.2 Å². The van der Waals surface area contributed by atoms with E-state index in [1.54, 1.807) is 6.08 Å². The van der Waals surface area contributed by atoms with Crippen molar-refractivity contribution < 1.29 is 19.1 Å². The minimum atomic E-state index is -1.89. The Morgan fingerprint density at radius 3 is 2.56 bits per heavy atom. The molecule has 1 aliphatic carbocycles. The van der Waals surface area contributed by atoms with Crippen molar-refractivity contribution in [1.82, 2.24) is 0 Å². The van der Waals surface area contributed by atoms with Gasteiger partial charge in [0.05, 0.1) is 12.7 Å². The maximum absolute atomic E-state index is 11.7. The van der Waals surface area contributed by atoms with Crippen molar-refractivity contribution in [2.45, 2.75) is 57.2 Å². The lowest BCUT2D eigenvalue weighted by atomic mass is 9.97. The molecule has 1 fully saturated rings. The van der Waals surface area contributed by atoms with Gasteiger partial charge in [-0.15, -0.1) is 0 Å². The van der Waals surface area contributed by atoms with Gasteiger partial charge in [-0.05, 0) is 24.2 Å². The van der Waals surface area contributed by atoms with E-state index in [2.05, 4.69) is 33.9 Å². The summed E-state index contributed by atoms with van der Waals surface area (Å²) in [5.41, 5.74) is 0.428. The van der Waals surface area contributed by atoms with Crippen molar-refractivity contribution in [2.24, 2.45) is 0 Å². The molecule has 5 heteroatoms. The molecule has 0 aromatic rings. The third-order valence-electron chi connectivity index (χ3n) is 4.20. The SMILES string of the molecule is CC(C)(C)[Si](C)(C)O[C@H]1C=C(CO)C(=O)[C@@H]2O[C@H]12. The maximum Gasteiger partial charge on any atom is 0.193 e. The van der Waals surface area contributed by atoms with Gasteiger partial charge >= 0.3 is 0 Å². The zero-order chi connectivity index (χ0) is 13.7. The third-order valence-corrected chi connectivity index (χ3v) is 8.67. The second-order valence-electron chi connectivity index (χ2n) is 6.58. The topological polar surface area (TPSA) is 59.1 Å². The van der Waals surface area contributed by atoms with Gasteiger partial charge in [-0.3, -0.25) is 4.79 Å². The van der Waals surface area contributed by atoms with Gasteiger partial charge in [0, 0.05) is 5.57 Å². The van der Waals surface area contributed by atoms with Crippen LogP contribution >= 0.6 is 0 Å². The number of carbonyl (C=O) groups excluding carboxylic acids is 1. The summed E-state index contributed by atoms with van der Waals surface area (Å²) in [7, 11) is -1.89. The van der Waals surface area contributed by atoms with E-state index < -0.39 is 8.32 Å². The number of aliphatic hydroxyl groups excluding tert-OH is 1. The van der Waals surface area contributed by atoms with Gasteiger partial charge in [-0.1, -0.05) is 20.8 Å². The van der Waals surface area contributed by atoms with Crippen LogP contribution in [0.2, 0.25) is 18.1 Å². The lowest BCUT2D eigenvalue weighted by Crippen LogP contribution is -2.46. The van der Waals surface area contributed by atoms with Crippen LogP contribution in [-0.4, -0.2) is 44.1 Å². The molecule has 1 saturated heterocycles. The molecule has 0 aromatic heterocycles. The highest BCUT2D eigenvalue weighted by Gasteiger charge is 2.55. The smallest absolute Gasteiger partial charge is 0.193 e. The van der Waals surface area contributed by atoms with Gasteiger partial charge in [-0.2, -0.15) is 0 Å². The molecular weight excluding hydrogens is 248 g/mol. The van der Waals surface area contributed by atoms with Gasteiger partial charge in [0.2, 0.25) is 0 Å². The fraction of sp³-hybridized carbons (Fsp3) is 0.769. The Morgan fingerprint density at radius 1 is 1.44 bits per heavy atom. The van der Waals surface area contributed by atoms with Crippen molar-refractivity contribution in [3.05, 3.63) is 11.6 Å². The van der Waals surface area contributed by atoms with Crippen LogP contribution in [0.4, 0.5) is 0 Å². The first-order chi connectivity index (χ1) is 8.17. The molecule has 0 spiro atoms. The van der Waals surface area contributed by atoms with Gasteiger partial charge < -0.3 is 14.3 Å². The Labute approximate surface area is 109 Å². The van der Waals surface area contributed by atoms with E-state index in [0.717, 1.165) is 0 Å². The van der Waals surface area contributed by atoms with E-state index in [9.17, 15) is 9.90 Å². The minimum absolute atomic E-state index is 0.0856. The molecule has 18 heavy (non-hydrogen) atoms. The zero-order valence-corrected chi connectivity index (χ0v) is 12.7. The Hall–Kier alpha value is -0.493. The van der Waals surface area contributed by atoms with E-state index in [0.29, 0.717) is 5.57 Å². The molecule has 0 saturated carbocycles. The van der Waals surface area contributed by atoms with Crippen molar-refractivity contribution in [3.63, 3.8) is 0 Å². The Morgan fingerprint density at radius 2 is 2.06 bits per heavy atom. The summed E-state index contributed by atoms with van der Waals surface area (Å²) < 4.78 is 11.6. The number of Topliss-reactive ketones (excluding diaryl/α,β-unsaturated/α-hetero) is 1. The van der Waals surface area contributed by atoms with Gasteiger partial charge in [0.15, 0.2) is 14.1 Å². The van der Waals surface area contributed by atoms with Crippen molar-refractivity contribution in [3.8, 4) is 0 Å². The third kappa shape index (κ3) is 2.32. The number of rotatable bonds is 3. The van der Waals surface area contributed by atoms with Crippen LogP contribution in [0.25, 0.3) is 0 Å². The van der Waals surface area contributed by atoms with Crippen LogP contribution in [0.1, 0.15) is 20.8 Å². The molecule has 0 radical (unpaired) electrons. The molecule has 102 valence electrons. The Kier molecular flexibility index (Phi) is 3.30. The molecule has 0 amide bonds. The van der Waals surface area contributed by atoms with Crippen molar-refractivity contribution in [1.29, 1.82) is 0 Å². The Balaban J connectivity index is 2.16. The number of hydrogen-bond acceptors (Lipinski definition) is 4. The number of aliphatic hydroxyl groups is 1. The quantitative estimate of drug-likeness (QED) is 0.626. The number of fused-ring (bicyclic) bond motifs is 1. The zero-order valence-electron chi connectivity index (χ0n) is 11.7. The number of carbonyl (C=O) groups is 1. The van der Waals surface area contributed by atoms with Gasteiger partial charge in [-0.25, -0.2) is 0 Å². The van der Waals surface area contributed by atoms with Crippen LogP contribution < -0.4 is 0 Å². The van der Waals surface area contributed by atoms with Crippen molar-refractivity contribution in [2.75, 3.05) is 6.61 Å². The predicted molar refractivity (Wildman–Crippen MR) is 70.9 cm³/mol. The molecule has 2 aliphatic rings. The molecule has 1 N–H and O–H groups in total. The van der Waals surface area contributed by atoms with Crippen LogP contribution in [0.5, 0.6) is 0 Å². The first-order valence-electron chi connectivity index (χ1n) is 6.36. The van der Waals surface area contributed by atoms with Crippen molar-refractivity contribution >= 4 is 14.1 Å². The molecule has 3 atom stereocenters. The first-order valence-corrected chi connectivity index (χ1v) is 9.27. The summed E-state index contributed by atoms with van der Waals surface area (Å²) in [4.78, 5) is 11.7. The number of epoxide rings is 1. The number of ketones is 1. The maximum atomic E-state index is 11.7. The minimum Gasteiger partial charge on any atom is -0.408 e. The molecule has 2 rings (SSSR count). The summed E-state index contributed by atoms with van der Waals surface area (Å²) in [5.74, 6) is -0.0856. The largest absolute Gasteiger partial charge is 0.408 e. The van der Waals surface area contributed by atoms with E-state index >= 15 is 0 Å². The highest BCUT2D eigenvalue weighted by atomic mass is 28.4. The highest BCUT2D eigenvalue weighted by Crippen LogP contribution is 2.42. The van der Waals surface area contributed by atoms with E-state index in [4.69, 9.17) is 9.16 Å². The van der Waals surface area contributed by atoms with Gasteiger partial charge in [0.25, 0.3) is 0 Å². The van der Waals surface area contributed by atoms with Crippen LogP contribution in [0.3, 0.4) is 0 Å². The molecular formula is C13H22O4Si. The fourth-order valence-corrected chi connectivity index (χ4v) is 3.13. The predicted octanol–water partition coefficient (Wildman–Crippen LogP) is 1.65. The second kappa shape index (κ2) is 4.26. The van der Waals surface area contributed by atoms with E-state index in [-0.39, 0.29) is 35.7 Å². The summed E-state index contributed by atoms with van der Waals surface area (Å²) >= 11 is 0. The monoisotopic (exact) mass is 270 g/mol. The number of hydrogen-bond donors (Lipinski definition) is 1. The standard InChI is InChI=1S/C13H22O4Si/c1-13(2,3)18(4,5)17-9-6-8(7-14)10(15)12-11(9)16-12/h6,9,11-12,14H,7H2,1-5H3/t9-,11+,12-/m0/s1. The average Bonchev–Trinajstić information content (AvgIpc) is 3.00. The van der Waals surface area contributed by atoms with Crippen LogP contribution in [-0.2, 0) is 14.0 Å².